The van der Waals surface area contributed by atoms with E-state index in [1.165, 1.54) is 6.92 Å². The second-order valence-corrected chi connectivity index (χ2v) is 4.23. The van der Waals surface area contributed by atoms with Crippen molar-refractivity contribution in [3.8, 4) is 0 Å². The molecule has 0 saturated carbocycles. The highest BCUT2D eigenvalue weighted by Gasteiger charge is 2.20. The van der Waals surface area contributed by atoms with Gasteiger partial charge in [-0.2, -0.15) is 0 Å². The Hall–Kier alpha value is -1.10. The highest BCUT2D eigenvalue weighted by atomic mass is 16.5. The van der Waals surface area contributed by atoms with Crippen LogP contribution in [-0.2, 0) is 14.3 Å². The van der Waals surface area contributed by atoms with Crippen LogP contribution in [0.1, 0.15) is 34.1 Å². The van der Waals surface area contributed by atoms with Crippen molar-refractivity contribution in [3.63, 3.8) is 0 Å². The third-order valence-corrected chi connectivity index (χ3v) is 2.15. The van der Waals surface area contributed by atoms with Gasteiger partial charge in [0.1, 0.15) is 6.10 Å². The summed E-state index contributed by atoms with van der Waals surface area (Å²) in [4.78, 5) is 22.0. The molecule has 0 spiro atoms. The van der Waals surface area contributed by atoms with Gasteiger partial charge in [0, 0.05) is 6.54 Å². The summed E-state index contributed by atoms with van der Waals surface area (Å²) < 4.78 is 5.02. The van der Waals surface area contributed by atoms with Gasteiger partial charge in [-0.05, 0) is 26.2 Å². The molecule has 0 radical (unpaired) electrons. The molecular formula is C11H21NO4. The van der Waals surface area contributed by atoms with E-state index in [1.54, 1.807) is 6.92 Å². The summed E-state index contributed by atoms with van der Waals surface area (Å²) in [5.41, 5.74) is 0. The molecule has 0 heterocycles. The lowest BCUT2D eigenvalue weighted by atomic mass is 10.1. The molecule has 0 aromatic carbocycles. The van der Waals surface area contributed by atoms with Crippen molar-refractivity contribution >= 4 is 11.9 Å². The van der Waals surface area contributed by atoms with Crippen LogP contribution >= 0.6 is 0 Å². The monoisotopic (exact) mass is 231 g/mol. The summed E-state index contributed by atoms with van der Waals surface area (Å²) in [6.45, 7) is 7.67. The fourth-order valence-corrected chi connectivity index (χ4v) is 1.05. The molecule has 0 saturated heterocycles. The van der Waals surface area contributed by atoms with Crippen LogP contribution in [0, 0.1) is 5.92 Å². The summed E-state index contributed by atoms with van der Waals surface area (Å²) in [5.74, 6) is -0.815. The molecule has 0 aromatic heterocycles. The van der Waals surface area contributed by atoms with Gasteiger partial charge in [0.2, 0.25) is 5.91 Å². The predicted octanol–water partition coefficient (Wildman–Crippen LogP) is 1.03. The molecule has 0 aliphatic heterocycles. The maximum atomic E-state index is 11.5. The minimum absolute atomic E-state index is 0.270. The maximum Gasteiger partial charge on any atom is 0.332 e. The molecule has 0 aliphatic rings. The molecular weight excluding hydrogens is 210 g/mol. The fraction of sp³-hybridized carbons (Fsp3) is 0.818. The topological polar surface area (TPSA) is 75.6 Å². The quantitative estimate of drug-likeness (QED) is 0.686. The van der Waals surface area contributed by atoms with Crippen LogP contribution in [0.4, 0.5) is 0 Å². The van der Waals surface area contributed by atoms with E-state index in [0.717, 1.165) is 6.42 Å². The lowest BCUT2D eigenvalue weighted by Crippen LogP contribution is -2.38. The van der Waals surface area contributed by atoms with Gasteiger partial charge in [-0.15, -0.1) is 0 Å². The first-order valence-electron chi connectivity index (χ1n) is 5.50. The summed E-state index contributed by atoms with van der Waals surface area (Å²) in [6, 6.07) is 0. The summed E-state index contributed by atoms with van der Waals surface area (Å²) in [7, 11) is 0. The first-order chi connectivity index (χ1) is 7.34. The number of carboxylic acid groups (broad SMARTS) is 1. The van der Waals surface area contributed by atoms with Crippen molar-refractivity contribution < 1.29 is 19.4 Å². The van der Waals surface area contributed by atoms with E-state index in [-0.39, 0.29) is 5.91 Å². The lowest BCUT2D eigenvalue weighted by Gasteiger charge is -2.16. The maximum absolute atomic E-state index is 11.5. The van der Waals surface area contributed by atoms with E-state index < -0.39 is 18.2 Å². The van der Waals surface area contributed by atoms with E-state index in [2.05, 4.69) is 19.2 Å². The number of ether oxygens (including phenoxy) is 1. The summed E-state index contributed by atoms with van der Waals surface area (Å²) in [5, 5.41) is 11.3. The van der Waals surface area contributed by atoms with Crippen molar-refractivity contribution in [2.45, 2.75) is 46.3 Å². The van der Waals surface area contributed by atoms with Crippen molar-refractivity contribution in [2.24, 2.45) is 5.92 Å². The van der Waals surface area contributed by atoms with Crippen molar-refractivity contribution in [1.82, 2.24) is 5.32 Å². The Morgan fingerprint density at radius 1 is 1.19 bits per heavy atom. The molecule has 0 rings (SSSR count). The molecule has 0 fully saturated rings. The zero-order chi connectivity index (χ0) is 12.7. The van der Waals surface area contributed by atoms with Crippen LogP contribution in [0.2, 0.25) is 0 Å². The number of carbonyl (C=O) groups is 2. The summed E-state index contributed by atoms with van der Waals surface area (Å²) >= 11 is 0. The number of amides is 1. The van der Waals surface area contributed by atoms with Crippen molar-refractivity contribution in [1.29, 1.82) is 0 Å². The second kappa shape index (κ2) is 7.22. The largest absolute Gasteiger partial charge is 0.479 e. The molecule has 5 nitrogen and oxygen atoms in total. The van der Waals surface area contributed by atoms with Crippen LogP contribution in [0.15, 0.2) is 0 Å². The molecule has 5 heteroatoms. The Balaban J connectivity index is 3.86. The summed E-state index contributed by atoms with van der Waals surface area (Å²) in [6.07, 6.45) is -0.809. The van der Waals surface area contributed by atoms with E-state index in [9.17, 15) is 9.59 Å². The Morgan fingerprint density at radius 3 is 2.19 bits per heavy atom. The molecule has 1 amide bonds. The van der Waals surface area contributed by atoms with Gasteiger partial charge >= 0.3 is 5.97 Å². The van der Waals surface area contributed by atoms with Gasteiger partial charge in [-0.3, -0.25) is 4.79 Å². The first kappa shape index (κ1) is 14.9. The molecule has 94 valence electrons. The highest BCUT2D eigenvalue weighted by molar-refractivity contribution is 5.81. The Bertz CT molecular complexity index is 240. The molecule has 2 N–H and O–H groups in total. The normalized spacial score (nSPS) is 14.6. The van der Waals surface area contributed by atoms with E-state index >= 15 is 0 Å². The van der Waals surface area contributed by atoms with E-state index in [0.29, 0.717) is 12.5 Å². The number of rotatable bonds is 7. The number of hydrogen-bond acceptors (Lipinski definition) is 3. The van der Waals surface area contributed by atoms with Gasteiger partial charge < -0.3 is 15.2 Å². The average molecular weight is 231 g/mol. The molecule has 0 bridgehead atoms. The van der Waals surface area contributed by atoms with Gasteiger partial charge in [0.05, 0.1) is 0 Å². The number of carboxylic acids is 1. The predicted molar refractivity (Wildman–Crippen MR) is 60.1 cm³/mol. The number of nitrogens with one attached hydrogen (secondary N) is 1. The minimum atomic E-state index is -1.07. The minimum Gasteiger partial charge on any atom is -0.479 e. The van der Waals surface area contributed by atoms with Crippen LogP contribution in [-0.4, -0.2) is 35.7 Å². The number of aliphatic carboxylic acids is 1. The molecule has 0 aliphatic carbocycles. The van der Waals surface area contributed by atoms with Crippen LogP contribution in [0.5, 0.6) is 0 Å². The number of hydrogen-bond donors (Lipinski definition) is 2. The molecule has 1 unspecified atom stereocenters. The SMILES string of the molecule is CC(C)CCNC(=O)C(C)O[C@H](C)C(=O)O. The third kappa shape index (κ3) is 6.40. The highest BCUT2D eigenvalue weighted by Crippen LogP contribution is 2.00. The molecule has 2 atom stereocenters. The number of carbonyl (C=O) groups excluding carboxylic acids is 1. The zero-order valence-electron chi connectivity index (χ0n) is 10.3. The van der Waals surface area contributed by atoms with Crippen LogP contribution < -0.4 is 5.32 Å². The zero-order valence-corrected chi connectivity index (χ0v) is 10.3. The third-order valence-electron chi connectivity index (χ3n) is 2.15. The lowest BCUT2D eigenvalue weighted by molar-refractivity contribution is -0.155. The van der Waals surface area contributed by atoms with Gasteiger partial charge in [-0.25, -0.2) is 4.79 Å². The Kier molecular flexibility index (Phi) is 6.72. The smallest absolute Gasteiger partial charge is 0.332 e. The van der Waals surface area contributed by atoms with Crippen molar-refractivity contribution in [2.75, 3.05) is 6.54 Å². The van der Waals surface area contributed by atoms with Gasteiger partial charge in [-0.1, -0.05) is 13.8 Å². The molecule has 0 aromatic rings. The Morgan fingerprint density at radius 2 is 1.75 bits per heavy atom. The van der Waals surface area contributed by atoms with E-state index in [1.807, 2.05) is 0 Å². The Labute approximate surface area is 96.2 Å². The van der Waals surface area contributed by atoms with Gasteiger partial charge in [0.15, 0.2) is 6.10 Å². The van der Waals surface area contributed by atoms with Crippen molar-refractivity contribution in [3.05, 3.63) is 0 Å². The first-order valence-corrected chi connectivity index (χ1v) is 5.50. The molecule has 16 heavy (non-hydrogen) atoms. The average Bonchev–Trinajstić information content (AvgIpc) is 2.16. The van der Waals surface area contributed by atoms with Crippen LogP contribution in [0.3, 0.4) is 0 Å². The standard InChI is InChI=1S/C11H21NO4/c1-7(2)5-6-12-10(13)8(3)16-9(4)11(14)15/h7-9H,5-6H2,1-4H3,(H,12,13)(H,14,15)/t8?,9-/m1/s1. The van der Waals surface area contributed by atoms with Gasteiger partial charge in [0.25, 0.3) is 0 Å². The van der Waals surface area contributed by atoms with E-state index in [4.69, 9.17) is 9.84 Å². The second-order valence-electron chi connectivity index (χ2n) is 4.23. The van der Waals surface area contributed by atoms with Crippen LogP contribution in [0.25, 0.3) is 0 Å². The fourth-order valence-electron chi connectivity index (χ4n) is 1.05.